The van der Waals surface area contributed by atoms with Crippen LogP contribution < -0.4 is 10.2 Å². The highest BCUT2D eigenvalue weighted by Gasteiger charge is 2.13. The van der Waals surface area contributed by atoms with E-state index >= 15 is 0 Å². The lowest BCUT2D eigenvalue weighted by atomic mass is 10.3. The van der Waals surface area contributed by atoms with Crippen LogP contribution in [0.1, 0.15) is 0 Å². The number of rotatable bonds is 2. The van der Waals surface area contributed by atoms with E-state index in [0.717, 1.165) is 47.6 Å². The summed E-state index contributed by atoms with van der Waals surface area (Å²) in [6.07, 6.45) is 0. The summed E-state index contributed by atoms with van der Waals surface area (Å²) in [6.45, 7) is 3.39. The van der Waals surface area contributed by atoms with Crippen LogP contribution in [0.25, 0.3) is 10.3 Å². The molecule has 1 aliphatic rings. The highest BCUT2D eigenvalue weighted by atomic mass is 32.1. The average Bonchev–Trinajstić information content (AvgIpc) is 2.81. The van der Waals surface area contributed by atoms with Crippen molar-refractivity contribution < 1.29 is 4.74 Å². The monoisotopic (exact) mass is 250 g/mol. The first-order valence-electron chi connectivity index (χ1n) is 5.65. The van der Waals surface area contributed by atoms with Gasteiger partial charge in [0.25, 0.3) is 0 Å². The molecule has 6 heteroatoms. The summed E-state index contributed by atoms with van der Waals surface area (Å²) in [7, 11) is 1.88. The van der Waals surface area contributed by atoms with Crippen LogP contribution in [0.15, 0.2) is 12.1 Å². The van der Waals surface area contributed by atoms with E-state index in [1.54, 1.807) is 11.3 Å². The Bertz CT molecular complexity index is 521. The number of ether oxygens (including phenoxy) is 1. The first kappa shape index (κ1) is 10.7. The van der Waals surface area contributed by atoms with Gasteiger partial charge in [-0.1, -0.05) is 11.3 Å². The van der Waals surface area contributed by atoms with Crippen LogP contribution in [-0.4, -0.2) is 43.3 Å². The van der Waals surface area contributed by atoms with E-state index < -0.39 is 0 Å². The van der Waals surface area contributed by atoms with Crippen LogP contribution in [0.5, 0.6) is 0 Å². The molecule has 1 saturated heterocycles. The molecule has 0 saturated carbocycles. The molecule has 0 amide bonds. The number of hydrogen-bond acceptors (Lipinski definition) is 6. The number of pyridine rings is 1. The van der Waals surface area contributed by atoms with Gasteiger partial charge in [-0.3, -0.25) is 0 Å². The number of morpholine rings is 1. The van der Waals surface area contributed by atoms with Gasteiger partial charge < -0.3 is 15.0 Å². The van der Waals surface area contributed by atoms with Gasteiger partial charge in [-0.2, -0.15) is 0 Å². The minimum Gasteiger partial charge on any atom is -0.378 e. The van der Waals surface area contributed by atoms with Gasteiger partial charge in [-0.15, -0.1) is 0 Å². The molecule has 3 heterocycles. The van der Waals surface area contributed by atoms with Gasteiger partial charge in [0.15, 0.2) is 5.13 Å². The van der Waals surface area contributed by atoms with E-state index in [1.165, 1.54) is 0 Å². The Balaban J connectivity index is 1.94. The predicted octanol–water partition coefficient (Wildman–Crippen LogP) is 1.57. The molecule has 0 aromatic carbocycles. The zero-order valence-corrected chi connectivity index (χ0v) is 10.5. The summed E-state index contributed by atoms with van der Waals surface area (Å²) in [5.74, 6) is 1.02. The van der Waals surface area contributed by atoms with Gasteiger partial charge in [-0.05, 0) is 12.1 Å². The number of nitrogens with one attached hydrogen (secondary N) is 1. The lowest BCUT2D eigenvalue weighted by molar-refractivity contribution is 0.122. The maximum atomic E-state index is 5.34. The van der Waals surface area contributed by atoms with Crippen LogP contribution >= 0.6 is 11.3 Å². The topological polar surface area (TPSA) is 50.3 Å². The highest BCUT2D eigenvalue weighted by molar-refractivity contribution is 7.21. The van der Waals surface area contributed by atoms with Crippen LogP contribution in [0.2, 0.25) is 0 Å². The van der Waals surface area contributed by atoms with E-state index in [-0.39, 0.29) is 0 Å². The second-order valence-corrected chi connectivity index (χ2v) is 4.84. The van der Waals surface area contributed by atoms with Crippen molar-refractivity contribution in [2.45, 2.75) is 0 Å². The number of aromatic nitrogens is 2. The quantitative estimate of drug-likeness (QED) is 0.876. The Morgan fingerprint density at radius 3 is 2.88 bits per heavy atom. The summed E-state index contributed by atoms with van der Waals surface area (Å²) in [5.41, 5.74) is 0.955. The Hall–Kier alpha value is -1.40. The van der Waals surface area contributed by atoms with Crippen molar-refractivity contribution in [1.82, 2.24) is 9.97 Å². The van der Waals surface area contributed by atoms with Crippen LogP contribution in [-0.2, 0) is 4.74 Å². The van der Waals surface area contributed by atoms with Crippen molar-refractivity contribution in [3.63, 3.8) is 0 Å². The molecule has 17 heavy (non-hydrogen) atoms. The van der Waals surface area contributed by atoms with Crippen LogP contribution in [0.3, 0.4) is 0 Å². The van der Waals surface area contributed by atoms with Gasteiger partial charge in [0, 0.05) is 20.1 Å². The van der Waals surface area contributed by atoms with E-state index in [0.29, 0.717) is 0 Å². The Morgan fingerprint density at radius 1 is 1.29 bits per heavy atom. The fourth-order valence-electron chi connectivity index (χ4n) is 1.88. The maximum Gasteiger partial charge on any atom is 0.185 e. The first-order valence-corrected chi connectivity index (χ1v) is 6.46. The fourth-order valence-corrected chi connectivity index (χ4v) is 2.67. The summed E-state index contributed by atoms with van der Waals surface area (Å²) in [4.78, 5) is 12.3. The summed E-state index contributed by atoms with van der Waals surface area (Å²) >= 11 is 1.58. The van der Waals surface area contributed by atoms with Crippen LogP contribution in [0.4, 0.5) is 10.9 Å². The number of thiazole rings is 1. The van der Waals surface area contributed by atoms with Crippen molar-refractivity contribution in [2.24, 2.45) is 0 Å². The van der Waals surface area contributed by atoms with E-state index in [2.05, 4.69) is 20.2 Å². The molecule has 0 aliphatic carbocycles. The average molecular weight is 250 g/mol. The Labute approximate surface area is 103 Å². The van der Waals surface area contributed by atoms with Gasteiger partial charge in [0.1, 0.15) is 16.2 Å². The van der Waals surface area contributed by atoms with Gasteiger partial charge in [-0.25, -0.2) is 9.97 Å². The zero-order valence-electron chi connectivity index (χ0n) is 9.64. The SMILES string of the molecule is CNc1nc2ccc(N3CCOCC3)nc2s1. The van der Waals surface area contributed by atoms with Crippen molar-refractivity contribution in [3.8, 4) is 0 Å². The molecule has 0 bridgehead atoms. The molecule has 90 valence electrons. The largest absolute Gasteiger partial charge is 0.378 e. The van der Waals surface area contributed by atoms with Crippen LogP contribution in [0, 0.1) is 0 Å². The maximum absolute atomic E-state index is 5.34. The Morgan fingerprint density at radius 2 is 2.12 bits per heavy atom. The molecule has 0 unspecified atom stereocenters. The summed E-state index contributed by atoms with van der Waals surface area (Å²) in [5, 5.41) is 3.96. The second kappa shape index (κ2) is 4.46. The standard InChI is InChI=1S/C11H14N4OS/c1-12-11-13-8-2-3-9(14-10(8)17-11)15-4-6-16-7-5-15/h2-3H,4-7H2,1H3,(H,12,13). The van der Waals surface area contributed by atoms with Gasteiger partial charge in [0.2, 0.25) is 0 Å². The van der Waals surface area contributed by atoms with E-state index in [9.17, 15) is 0 Å². The summed E-state index contributed by atoms with van der Waals surface area (Å²) < 4.78 is 5.34. The molecule has 0 atom stereocenters. The molecule has 2 aromatic rings. The zero-order chi connectivity index (χ0) is 11.7. The predicted molar refractivity (Wildman–Crippen MR) is 70.0 cm³/mol. The fraction of sp³-hybridized carbons (Fsp3) is 0.455. The van der Waals surface area contributed by atoms with Crippen molar-refractivity contribution in [1.29, 1.82) is 0 Å². The number of anilines is 2. The lowest BCUT2D eigenvalue weighted by Crippen LogP contribution is -2.36. The van der Waals surface area contributed by atoms with Crippen molar-refractivity contribution in [2.75, 3.05) is 43.6 Å². The Kier molecular flexibility index (Phi) is 2.82. The third-order valence-electron chi connectivity index (χ3n) is 2.79. The lowest BCUT2D eigenvalue weighted by Gasteiger charge is -2.27. The summed E-state index contributed by atoms with van der Waals surface area (Å²) in [6, 6.07) is 4.07. The third kappa shape index (κ3) is 2.05. The highest BCUT2D eigenvalue weighted by Crippen LogP contribution is 2.26. The van der Waals surface area contributed by atoms with E-state index in [1.807, 2.05) is 19.2 Å². The minimum atomic E-state index is 0.782. The third-order valence-corrected chi connectivity index (χ3v) is 3.77. The van der Waals surface area contributed by atoms with Crippen molar-refractivity contribution >= 4 is 32.6 Å². The molecule has 0 radical (unpaired) electrons. The van der Waals surface area contributed by atoms with E-state index in [4.69, 9.17) is 4.74 Å². The second-order valence-electron chi connectivity index (χ2n) is 3.86. The molecule has 3 rings (SSSR count). The van der Waals surface area contributed by atoms with Gasteiger partial charge >= 0.3 is 0 Å². The van der Waals surface area contributed by atoms with Gasteiger partial charge in [0.05, 0.1) is 13.2 Å². The number of nitrogens with zero attached hydrogens (tertiary/aromatic N) is 3. The molecule has 2 aromatic heterocycles. The first-order chi connectivity index (χ1) is 8.36. The molecule has 5 nitrogen and oxygen atoms in total. The van der Waals surface area contributed by atoms with Crippen molar-refractivity contribution in [3.05, 3.63) is 12.1 Å². The minimum absolute atomic E-state index is 0.782. The number of hydrogen-bond donors (Lipinski definition) is 1. The molecule has 1 fully saturated rings. The normalized spacial score (nSPS) is 16.4. The molecule has 0 spiro atoms. The molecular formula is C11H14N4OS. The molecule has 1 aliphatic heterocycles. The molecular weight excluding hydrogens is 236 g/mol. The number of fused-ring (bicyclic) bond motifs is 1. The smallest absolute Gasteiger partial charge is 0.185 e. The molecule has 1 N–H and O–H groups in total.